The first-order chi connectivity index (χ1) is 19.0. The third-order valence-corrected chi connectivity index (χ3v) is 11.5. The van der Waals surface area contributed by atoms with Gasteiger partial charge in [0.05, 0.1) is 16.4 Å². The van der Waals surface area contributed by atoms with Crippen LogP contribution in [-0.2, 0) is 6.42 Å². The second-order valence-corrected chi connectivity index (χ2v) is 13.5. The zero-order chi connectivity index (χ0) is 27.4. The van der Waals surface area contributed by atoms with Crippen molar-refractivity contribution in [2.24, 2.45) is 29.6 Å². The Morgan fingerprint density at radius 2 is 1.56 bits per heavy atom. The summed E-state index contributed by atoms with van der Waals surface area (Å²) >= 11 is 1.68. The van der Waals surface area contributed by atoms with Gasteiger partial charge in [0, 0.05) is 22.9 Å². The van der Waals surface area contributed by atoms with Crippen LogP contribution in [0, 0.1) is 39.7 Å². The van der Waals surface area contributed by atoms with E-state index in [1.54, 1.807) is 30.0 Å². The Kier molecular flexibility index (Phi) is 9.42. The summed E-state index contributed by atoms with van der Waals surface area (Å²) in [4.78, 5) is 11.7. The second-order valence-electron chi connectivity index (χ2n) is 12.3. The van der Waals surface area contributed by atoms with Gasteiger partial charge in [0.2, 0.25) is 0 Å². The van der Waals surface area contributed by atoms with E-state index in [9.17, 15) is 15.2 Å². The molecule has 0 saturated heterocycles. The van der Waals surface area contributed by atoms with Crippen molar-refractivity contribution in [2.75, 3.05) is 6.61 Å². The molecule has 2 aliphatic carbocycles. The molecule has 1 heterocycles. The number of non-ortho nitro benzene ring substituents is 1. The molecule has 2 saturated carbocycles. The maximum Gasteiger partial charge on any atom is 0.269 e. The Labute approximate surface area is 238 Å². The van der Waals surface area contributed by atoms with Crippen LogP contribution in [0.25, 0.3) is 0 Å². The van der Waals surface area contributed by atoms with Crippen LogP contribution in [0.1, 0.15) is 101 Å². The van der Waals surface area contributed by atoms with E-state index < -0.39 is 0 Å². The van der Waals surface area contributed by atoms with Gasteiger partial charge < -0.3 is 9.84 Å². The molecule has 2 atom stereocenters. The molecule has 5 nitrogen and oxygen atoms in total. The molecule has 1 N–H and O–H groups in total. The van der Waals surface area contributed by atoms with Crippen LogP contribution < -0.4 is 4.74 Å². The first kappa shape index (κ1) is 28.3. The van der Waals surface area contributed by atoms with Gasteiger partial charge in [-0.2, -0.15) is 0 Å². The SMILES string of the molecule is CCCC1CCC(C2CCC(COc3ccc(O)c4c3CC(CC)C(c3ccc([N+](=O)[O-])cc3)S4)CC2)CC1. The van der Waals surface area contributed by atoms with Gasteiger partial charge in [0.25, 0.3) is 5.69 Å². The van der Waals surface area contributed by atoms with Gasteiger partial charge in [-0.25, -0.2) is 0 Å². The summed E-state index contributed by atoms with van der Waals surface area (Å²) in [7, 11) is 0. The van der Waals surface area contributed by atoms with Crippen molar-refractivity contribution < 1.29 is 14.8 Å². The molecule has 0 bridgehead atoms. The number of phenolic OH excluding ortho intramolecular Hbond substituents is 1. The third kappa shape index (κ3) is 6.58. The van der Waals surface area contributed by atoms with E-state index >= 15 is 0 Å². The number of ether oxygens (including phenoxy) is 1. The fourth-order valence-electron chi connectivity index (χ4n) is 7.52. The highest BCUT2D eigenvalue weighted by atomic mass is 32.2. The largest absolute Gasteiger partial charge is 0.507 e. The van der Waals surface area contributed by atoms with Gasteiger partial charge in [-0.15, -0.1) is 11.8 Å². The molecule has 0 spiro atoms. The number of benzene rings is 2. The van der Waals surface area contributed by atoms with Gasteiger partial charge in [-0.1, -0.05) is 58.1 Å². The molecule has 5 rings (SSSR count). The lowest BCUT2D eigenvalue weighted by Gasteiger charge is -2.38. The number of nitro benzene ring substituents is 1. The predicted octanol–water partition coefficient (Wildman–Crippen LogP) is 9.51. The molecule has 2 fully saturated rings. The molecule has 0 aromatic heterocycles. The number of hydrogen-bond donors (Lipinski definition) is 1. The van der Waals surface area contributed by atoms with Crippen LogP contribution in [0.4, 0.5) is 5.69 Å². The van der Waals surface area contributed by atoms with E-state index in [-0.39, 0.29) is 15.9 Å². The van der Waals surface area contributed by atoms with Crippen molar-refractivity contribution in [3.8, 4) is 11.5 Å². The first-order valence-electron chi connectivity index (χ1n) is 15.3. The Morgan fingerprint density at radius 1 is 0.923 bits per heavy atom. The molecule has 212 valence electrons. The number of rotatable bonds is 9. The highest BCUT2D eigenvalue weighted by molar-refractivity contribution is 7.99. The third-order valence-electron chi connectivity index (χ3n) is 9.91. The topological polar surface area (TPSA) is 72.6 Å². The van der Waals surface area contributed by atoms with E-state index in [0.29, 0.717) is 17.6 Å². The monoisotopic (exact) mass is 551 g/mol. The molecular formula is C33H45NO4S. The van der Waals surface area contributed by atoms with Crippen LogP contribution in [0.15, 0.2) is 41.3 Å². The molecule has 6 heteroatoms. The maximum absolute atomic E-state index is 11.1. The fourth-order valence-corrected chi connectivity index (χ4v) is 9.07. The summed E-state index contributed by atoms with van der Waals surface area (Å²) in [5.41, 5.74) is 2.31. The van der Waals surface area contributed by atoms with Crippen molar-refractivity contribution >= 4 is 17.4 Å². The van der Waals surface area contributed by atoms with Crippen LogP contribution in [-0.4, -0.2) is 16.6 Å². The zero-order valence-electron chi connectivity index (χ0n) is 23.6. The van der Waals surface area contributed by atoms with Gasteiger partial charge in [0.15, 0.2) is 0 Å². The average Bonchev–Trinajstić information content (AvgIpc) is 2.97. The Hall–Kier alpha value is -2.21. The van der Waals surface area contributed by atoms with Crippen LogP contribution >= 0.6 is 11.8 Å². The van der Waals surface area contributed by atoms with Gasteiger partial charge in [-0.05, 0) is 92.2 Å². The summed E-state index contributed by atoms with van der Waals surface area (Å²) in [6.45, 7) is 5.29. The summed E-state index contributed by atoms with van der Waals surface area (Å²) < 4.78 is 6.50. The van der Waals surface area contributed by atoms with Crippen LogP contribution in [0.5, 0.6) is 11.5 Å². The highest BCUT2D eigenvalue weighted by Gasteiger charge is 2.34. The van der Waals surface area contributed by atoms with E-state index in [4.69, 9.17) is 4.74 Å². The molecule has 39 heavy (non-hydrogen) atoms. The van der Waals surface area contributed by atoms with E-state index in [1.807, 2.05) is 18.2 Å². The minimum absolute atomic E-state index is 0.111. The molecule has 2 unspecified atom stereocenters. The minimum Gasteiger partial charge on any atom is -0.507 e. The molecule has 0 amide bonds. The number of phenols is 1. The average molecular weight is 552 g/mol. The Morgan fingerprint density at radius 3 is 2.15 bits per heavy atom. The van der Waals surface area contributed by atoms with Gasteiger partial charge >= 0.3 is 0 Å². The predicted molar refractivity (Wildman–Crippen MR) is 159 cm³/mol. The van der Waals surface area contributed by atoms with Crippen molar-refractivity contribution in [1.29, 1.82) is 0 Å². The van der Waals surface area contributed by atoms with E-state index in [0.717, 1.165) is 59.0 Å². The fraction of sp³-hybridized carbons (Fsp3) is 0.636. The van der Waals surface area contributed by atoms with Gasteiger partial charge in [0.1, 0.15) is 11.5 Å². The lowest BCUT2D eigenvalue weighted by Crippen LogP contribution is -2.27. The maximum atomic E-state index is 11.1. The molecular weight excluding hydrogens is 506 g/mol. The number of aromatic hydroxyl groups is 1. The molecule has 1 aliphatic heterocycles. The van der Waals surface area contributed by atoms with Crippen molar-refractivity contribution in [2.45, 2.75) is 101 Å². The number of nitro groups is 1. The van der Waals surface area contributed by atoms with E-state index in [1.165, 1.54) is 64.2 Å². The number of thioether (sulfide) groups is 1. The first-order valence-corrected chi connectivity index (χ1v) is 16.2. The van der Waals surface area contributed by atoms with Crippen molar-refractivity contribution in [3.63, 3.8) is 0 Å². The normalized spacial score (nSPS) is 29.0. The molecule has 2 aromatic rings. The lowest BCUT2D eigenvalue weighted by molar-refractivity contribution is -0.384. The van der Waals surface area contributed by atoms with Crippen molar-refractivity contribution in [3.05, 3.63) is 57.6 Å². The minimum atomic E-state index is -0.356. The second kappa shape index (κ2) is 13.0. The number of fused-ring (bicyclic) bond motifs is 1. The highest BCUT2D eigenvalue weighted by Crippen LogP contribution is 2.54. The van der Waals surface area contributed by atoms with Crippen molar-refractivity contribution in [1.82, 2.24) is 0 Å². The lowest BCUT2D eigenvalue weighted by atomic mass is 9.69. The summed E-state index contributed by atoms with van der Waals surface area (Å²) in [6, 6.07) is 10.6. The number of hydrogen-bond acceptors (Lipinski definition) is 5. The quantitative estimate of drug-likeness (QED) is 0.248. The summed E-state index contributed by atoms with van der Waals surface area (Å²) in [6.07, 6.45) is 15.7. The molecule has 0 radical (unpaired) electrons. The molecule has 3 aliphatic rings. The molecule has 2 aromatic carbocycles. The van der Waals surface area contributed by atoms with Crippen LogP contribution in [0.2, 0.25) is 0 Å². The zero-order valence-corrected chi connectivity index (χ0v) is 24.5. The standard InChI is InChI=1S/C33H45NO4S/c1-3-5-22-6-10-25(11-7-22)26-12-8-23(9-13-26)21-38-31-19-18-30(35)33-29(31)20-24(4-2)32(39-33)27-14-16-28(17-15-27)34(36)37/h14-19,22-26,32,35H,3-13,20-21H2,1-2H3. The van der Waals surface area contributed by atoms with Gasteiger partial charge in [-0.3, -0.25) is 10.1 Å². The summed E-state index contributed by atoms with van der Waals surface area (Å²) in [5, 5.41) is 22.0. The summed E-state index contributed by atoms with van der Waals surface area (Å²) in [5.74, 6) is 5.08. The van der Waals surface area contributed by atoms with E-state index in [2.05, 4.69) is 13.8 Å². The van der Waals surface area contributed by atoms with Crippen LogP contribution in [0.3, 0.4) is 0 Å². The number of nitrogens with zero attached hydrogens (tertiary/aromatic N) is 1. The Balaban J connectivity index is 1.19. The Bertz CT molecular complexity index is 1100. The smallest absolute Gasteiger partial charge is 0.269 e.